The standard InChI is InChI=1S/C15H25N/c1-4-6-14-7-9-15(10-8-14)12-13(3)16-11-5-2/h7-10,13,16H,4-6,11-12H2,1-3H3. The van der Waals surface area contributed by atoms with E-state index in [0.29, 0.717) is 6.04 Å². The van der Waals surface area contributed by atoms with Gasteiger partial charge in [-0.05, 0) is 43.9 Å². The Balaban J connectivity index is 2.41. The van der Waals surface area contributed by atoms with Crippen LogP contribution in [0.1, 0.15) is 44.7 Å². The zero-order valence-electron chi connectivity index (χ0n) is 10.9. The molecule has 1 aromatic carbocycles. The van der Waals surface area contributed by atoms with Gasteiger partial charge in [0.1, 0.15) is 0 Å². The molecule has 1 heteroatoms. The van der Waals surface area contributed by atoms with E-state index in [-0.39, 0.29) is 0 Å². The van der Waals surface area contributed by atoms with Crippen molar-refractivity contribution in [2.45, 2.75) is 52.5 Å². The van der Waals surface area contributed by atoms with Crippen LogP contribution in [0.25, 0.3) is 0 Å². The van der Waals surface area contributed by atoms with E-state index in [0.717, 1.165) is 13.0 Å². The van der Waals surface area contributed by atoms with Gasteiger partial charge in [0.25, 0.3) is 0 Å². The van der Waals surface area contributed by atoms with Crippen molar-refractivity contribution in [3.05, 3.63) is 35.4 Å². The summed E-state index contributed by atoms with van der Waals surface area (Å²) >= 11 is 0. The van der Waals surface area contributed by atoms with Crippen molar-refractivity contribution < 1.29 is 0 Å². The third kappa shape index (κ3) is 4.80. The van der Waals surface area contributed by atoms with Crippen LogP contribution in [0.3, 0.4) is 0 Å². The summed E-state index contributed by atoms with van der Waals surface area (Å²) in [6.45, 7) is 7.81. The number of hydrogen-bond donors (Lipinski definition) is 1. The van der Waals surface area contributed by atoms with Crippen LogP contribution in [0.2, 0.25) is 0 Å². The van der Waals surface area contributed by atoms with E-state index in [1.54, 1.807) is 0 Å². The largest absolute Gasteiger partial charge is 0.314 e. The maximum atomic E-state index is 3.52. The topological polar surface area (TPSA) is 12.0 Å². The summed E-state index contributed by atoms with van der Waals surface area (Å²) < 4.78 is 0. The van der Waals surface area contributed by atoms with Crippen molar-refractivity contribution in [3.8, 4) is 0 Å². The fraction of sp³-hybridized carbons (Fsp3) is 0.600. The summed E-state index contributed by atoms with van der Waals surface area (Å²) in [7, 11) is 0. The monoisotopic (exact) mass is 219 g/mol. The molecule has 1 atom stereocenters. The van der Waals surface area contributed by atoms with Crippen LogP contribution in [-0.4, -0.2) is 12.6 Å². The first-order chi connectivity index (χ1) is 7.76. The molecule has 1 aromatic rings. The van der Waals surface area contributed by atoms with E-state index >= 15 is 0 Å². The van der Waals surface area contributed by atoms with E-state index in [9.17, 15) is 0 Å². The van der Waals surface area contributed by atoms with Crippen molar-refractivity contribution in [1.82, 2.24) is 5.32 Å². The lowest BCUT2D eigenvalue weighted by Gasteiger charge is -2.13. The third-order valence-corrected chi connectivity index (χ3v) is 2.85. The van der Waals surface area contributed by atoms with Crippen molar-refractivity contribution in [2.24, 2.45) is 0 Å². The molecule has 16 heavy (non-hydrogen) atoms. The van der Waals surface area contributed by atoms with Gasteiger partial charge >= 0.3 is 0 Å². The van der Waals surface area contributed by atoms with Crippen LogP contribution >= 0.6 is 0 Å². The normalized spacial score (nSPS) is 12.7. The van der Waals surface area contributed by atoms with E-state index in [1.165, 1.54) is 30.4 Å². The first-order valence-corrected chi connectivity index (χ1v) is 6.57. The molecule has 1 N–H and O–H groups in total. The maximum absolute atomic E-state index is 3.52. The van der Waals surface area contributed by atoms with Gasteiger partial charge < -0.3 is 5.32 Å². The van der Waals surface area contributed by atoms with E-state index in [1.807, 2.05) is 0 Å². The molecule has 1 unspecified atom stereocenters. The van der Waals surface area contributed by atoms with Gasteiger partial charge in [-0.3, -0.25) is 0 Å². The molecule has 1 nitrogen and oxygen atoms in total. The Labute approximate surface area is 100 Å². The first kappa shape index (κ1) is 13.2. The minimum atomic E-state index is 0.581. The number of benzene rings is 1. The molecule has 0 aliphatic rings. The van der Waals surface area contributed by atoms with Gasteiger partial charge in [0.05, 0.1) is 0 Å². The van der Waals surface area contributed by atoms with Crippen LogP contribution in [0.4, 0.5) is 0 Å². The minimum Gasteiger partial charge on any atom is -0.314 e. The highest BCUT2D eigenvalue weighted by Gasteiger charge is 2.02. The molecule has 0 heterocycles. The molecule has 0 saturated carbocycles. The summed E-state index contributed by atoms with van der Waals surface area (Å²) in [6.07, 6.45) is 4.77. The highest BCUT2D eigenvalue weighted by Crippen LogP contribution is 2.08. The van der Waals surface area contributed by atoms with E-state index < -0.39 is 0 Å². The Morgan fingerprint density at radius 2 is 1.62 bits per heavy atom. The van der Waals surface area contributed by atoms with Gasteiger partial charge in [0.15, 0.2) is 0 Å². The molecule has 0 aromatic heterocycles. The van der Waals surface area contributed by atoms with E-state index in [4.69, 9.17) is 0 Å². The quantitative estimate of drug-likeness (QED) is 0.739. The molecule has 90 valence electrons. The molecular formula is C15H25N. The van der Waals surface area contributed by atoms with Crippen molar-refractivity contribution >= 4 is 0 Å². The fourth-order valence-electron chi connectivity index (χ4n) is 1.95. The highest BCUT2D eigenvalue weighted by atomic mass is 14.9. The van der Waals surface area contributed by atoms with Crippen LogP contribution in [0, 0.1) is 0 Å². The molecular weight excluding hydrogens is 194 g/mol. The maximum Gasteiger partial charge on any atom is 0.00791 e. The van der Waals surface area contributed by atoms with Gasteiger partial charge in [-0.15, -0.1) is 0 Å². The molecule has 0 spiro atoms. The lowest BCUT2D eigenvalue weighted by Crippen LogP contribution is -2.28. The van der Waals surface area contributed by atoms with Crippen LogP contribution in [-0.2, 0) is 12.8 Å². The number of rotatable bonds is 7. The van der Waals surface area contributed by atoms with Gasteiger partial charge in [0.2, 0.25) is 0 Å². The Morgan fingerprint density at radius 3 is 2.19 bits per heavy atom. The average Bonchev–Trinajstić information content (AvgIpc) is 2.29. The Hall–Kier alpha value is -0.820. The van der Waals surface area contributed by atoms with Crippen LogP contribution in [0.15, 0.2) is 24.3 Å². The molecule has 0 saturated heterocycles. The van der Waals surface area contributed by atoms with Crippen LogP contribution in [0.5, 0.6) is 0 Å². The van der Waals surface area contributed by atoms with Crippen molar-refractivity contribution in [2.75, 3.05) is 6.54 Å². The minimum absolute atomic E-state index is 0.581. The lowest BCUT2D eigenvalue weighted by atomic mass is 10.0. The smallest absolute Gasteiger partial charge is 0.00791 e. The van der Waals surface area contributed by atoms with E-state index in [2.05, 4.69) is 50.4 Å². The second-order valence-electron chi connectivity index (χ2n) is 4.63. The number of hydrogen-bond acceptors (Lipinski definition) is 1. The molecule has 0 aliphatic heterocycles. The van der Waals surface area contributed by atoms with Crippen LogP contribution < -0.4 is 5.32 Å². The zero-order chi connectivity index (χ0) is 11.8. The Morgan fingerprint density at radius 1 is 1.00 bits per heavy atom. The second-order valence-corrected chi connectivity index (χ2v) is 4.63. The summed E-state index contributed by atoms with van der Waals surface area (Å²) in [5.74, 6) is 0. The summed E-state index contributed by atoms with van der Waals surface area (Å²) in [5.41, 5.74) is 2.90. The molecule has 0 radical (unpaired) electrons. The van der Waals surface area contributed by atoms with Crippen molar-refractivity contribution in [3.63, 3.8) is 0 Å². The van der Waals surface area contributed by atoms with Gasteiger partial charge in [0, 0.05) is 6.04 Å². The van der Waals surface area contributed by atoms with Gasteiger partial charge in [-0.25, -0.2) is 0 Å². The highest BCUT2D eigenvalue weighted by molar-refractivity contribution is 5.23. The fourth-order valence-corrected chi connectivity index (χ4v) is 1.95. The Bertz CT molecular complexity index is 276. The summed E-state index contributed by atoms with van der Waals surface area (Å²) in [5, 5.41) is 3.52. The summed E-state index contributed by atoms with van der Waals surface area (Å²) in [6, 6.07) is 9.66. The number of nitrogens with one attached hydrogen (secondary N) is 1. The van der Waals surface area contributed by atoms with Crippen molar-refractivity contribution in [1.29, 1.82) is 0 Å². The average molecular weight is 219 g/mol. The molecule has 0 amide bonds. The summed E-state index contributed by atoms with van der Waals surface area (Å²) in [4.78, 5) is 0. The number of aryl methyl sites for hydroxylation is 1. The molecule has 0 aliphatic carbocycles. The molecule has 1 rings (SSSR count). The van der Waals surface area contributed by atoms with Gasteiger partial charge in [-0.2, -0.15) is 0 Å². The third-order valence-electron chi connectivity index (χ3n) is 2.85. The molecule has 0 bridgehead atoms. The molecule has 0 fully saturated rings. The predicted octanol–water partition coefficient (Wildman–Crippen LogP) is 3.57. The second kappa shape index (κ2) is 7.45. The zero-order valence-corrected chi connectivity index (χ0v) is 10.9. The SMILES string of the molecule is CCCNC(C)Cc1ccc(CCC)cc1. The first-order valence-electron chi connectivity index (χ1n) is 6.57. The Kier molecular flexibility index (Phi) is 6.17. The lowest BCUT2D eigenvalue weighted by molar-refractivity contribution is 0.543. The predicted molar refractivity (Wildman–Crippen MR) is 71.9 cm³/mol. The van der Waals surface area contributed by atoms with Gasteiger partial charge in [-0.1, -0.05) is 44.5 Å².